The summed E-state index contributed by atoms with van der Waals surface area (Å²) >= 11 is 0. The minimum Gasteiger partial charge on any atom is -0.379 e. The number of rotatable bonds is 8. The van der Waals surface area contributed by atoms with Gasteiger partial charge in [-0.2, -0.15) is 0 Å². The van der Waals surface area contributed by atoms with Gasteiger partial charge in [0.2, 0.25) is 5.91 Å². The second-order valence-electron chi connectivity index (χ2n) is 7.57. The van der Waals surface area contributed by atoms with Gasteiger partial charge in [0.05, 0.1) is 5.54 Å². The number of amides is 2. The third-order valence-corrected chi connectivity index (χ3v) is 5.06. The molecule has 2 amide bonds. The van der Waals surface area contributed by atoms with Gasteiger partial charge < -0.3 is 20.6 Å². The van der Waals surface area contributed by atoms with Gasteiger partial charge in [-0.1, -0.05) is 30.3 Å². The van der Waals surface area contributed by atoms with Crippen LogP contribution in [0.3, 0.4) is 0 Å². The minimum absolute atomic E-state index is 0.0709. The molecule has 1 heterocycles. The number of nitrogens with one attached hydrogen (secondary N) is 2. The Morgan fingerprint density at radius 1 is 1.31 bits per heavy atom. The van der Waals surface area contributed by atoms with Crippen molar-refractivity contribution < 1.29 is 14.7 Å². The molecule has 6 heteroatoms. The van der Waals surface area contributed by atoms with E-state index in [0.717, 1.165) is 19.3 Å². The molecule has 0 radical (unpaired) electrons. The molecule has 0 saturated carbocycles. The minimum atomic E-state index is -1.45. The summed E-state index contributed by atoms with van der Waals surface area (Å²) in [6, 6.07) is 10.2. The number of likely N-dealkylation sites (N-methyl/N-ethyl adjacent to an activating group) is 1. The number of piperidine rings is 1. The molecule has 1 aromatic rings. The van der Waals surface area contributed by atoms with Crippen LogP contribution in [0.25, 0.3) is 0 Å². The number of hydrogen-bond acceptors (Lipinski definition) is 4. The average Bonchev–Trinajstić information content (AvgIpc) is 2.64. The molecule has 6 nitrogen and oxygen atoms in total. The van der Waals surface area contributed by atoms with E-state index >= 15 is 0 Å². The molecule has 0 spiro atoms. The summed E-state index contributed by atoms with van der Waals surface area (Å²) in [5.74, 6) is -0.416. The number of β-amino-alcohol motifs (C(OH)–C–C–N with tert-alkyl or cyclic N) is 1. The topological polar surface area (TPSA) is 81.7 Å². The molecule has 26 heavy (non-hydrogen) atoms. The summed E-state index contributed by atoms with van der Waals surface area (Å²) in [6.07, 6.45) is 2.95. The number of carbonyl (C=O) groups is 2. The van der Waals surface area contributed by atoms with Crippen molar-refractivity contribution >= 4 is 11.8 Å². The summed E-state index contributed by atoms with van der Waals surface area (Å²) in [7, 11) is 1.57. The molecule has 0 aromatic heterocycles. The maximum Gasteiger partial charge on any atom is 0.255 e. The first-order valence-electron chi connectivity index (χ1n) is 9.31. The van der Waals surface area contributed by atoms with E-state index in [1.165, 1.54) is 5.56 Å². The van der Waals surface area contributed by atoms with E-state index in [9.17, 15) is 14.7 Å². The Hall–Kier alpha value is -1.92. The Labute approximate surface area is 156 Å². The van der Waals surface area contributed by atoms with Gasteiger partial charge in [0, 0.05) is 26.7 Å². The molecular weight excluding hydrogens is 330 g/mol. The zero-order chi connectivity index (χ0) is 19.2. The predicted octanol–water partition coefficient (Wildman–Crippen LogP) is 1.09. The van der Waals surface area contributed by atoms with Gasteiger partial charge in [-0.25, -0.2) is 0 Å². The van der Waals surface area contributed by atoms with E-state index in [1.54, 1.807) is 25.8 Å². The van der Waals surface area contributed by atoms with Crippen molar-refractivity contribution in [1.29, 1.82) is 0 Å². The highest BCUT2D eigenvalue weighted by atomic mass is 16.3. The van der Waals surface area contributed by atoms with E-state index in [0.29, 0.717) is 19.5 Å². The van der Waals surface area contributed by atoms with E-state index in [1.807, 2.05) is 18.2 Å². The molecule has 1 unspecified atom stereocenters. The van der Waals surface area contributed by atoms with Gasteiger partial charge >= 0.3 is 0 Å². The molecule has 1 saturated heterocycles. The first kappa shape index (κ1) is 20.4. The number of carbonyl (C=O) groups excluding carboxylic acids is 2. The van der Waals surface area contributed by atoms with Crippen molar-refractivity contribution in [3.05, 3.63) is 35.9 Å². The Balaban J connectivity index is 1.89. The maximum atomic E-state index is 12.8. The summed E-state index contributed by atoms with van der Waals surface area (Å²) < 4.78 is 0. The third kappa shape index (κ3) is 5.05. The van der Waals surface area contributed by atoms with Gasteiger partial charge in [-0.15, -0.1) is 0 Å². The van der Waals surface area contributed by atoms with Crippen molar-refractivity contribution in [2.75, 3.05) is 26.7 Å². The Morgan fingerprint density at radius 3 is 2.65 bits per heavy atom. The number of benzene rings is 1. The number of likely N-dealkylation sites (tertiary alicyclic amines) is 1. The maximum absolute atomic E-state index is 12.8. The van der Waals surface area contributed by atoms with Gasteiger partial charge in [-0.05, 0) is 45.1 Å². The van der Waals surface area contributed by atoms with Crippen LogP contribution in [0.2, 0.25) is 0 Å². The third-order valence-electron chi connectivity index (χ3n) is 5.06. The average molecular weight is 361 g/mol. The molecule has 1 aromatic carbocycles. The van der Waals surface area contributed by atoms with Crippen molar-refractivity contribution in [2.24, 2.45) is 0 Å². The molecule has 144 valence electrons. The fraction of sp³-hybridized carbons (Fsp3) is 0.600. The number of nitrogens with zero attached hydrogens (tertiary/aromatic N) is 1. The van der Waals surface area contributed by atoms with Crippen LogP contribution in [0, 0.1) is 0 Å². The zero-order valence-electron chi connectivity index (χ0n) is 16.0. The van der Waals surface area contributed by atoms with Crippen LogP contribution in [0.4, 0.5) is 0 Å². The first-order valence-corrected chi connectivity index (χ1v) is 9.31. The summed E-state index contributed by atoms with van der Waals surface area (Å²) in [5, 5.41) is 16.5. The van der Waals surface area contributed by atoms with Crippen LogP contribution in [0.5, 0.6) is 0 Å². The second-order valence-corrected chi connectivity index (χ2v) is 7.57. The number of aryl methyl sites for hydroxylation is 1. The van der Waals surface area contributed by atoms with Crippen molar-refractivity contribution in [1.82, 2.24) is 15.5 Å². The van der Waals surface area contributed by atoms with Gasteiger partial charge in [-0.3, -0.25) is 9.59 Å². The van der Waals surface area contributed by atoms with Crippen molar-refractivity contribution in [3.8, 4) is 0 Å². The number of hydrogen-bond donors (Lipinski definition) is 3. The lowest BCUT2D eigenvalue weighted by Crippen LogP contribution is -2.62. The first-order chi connectivity index (χ1) is 12.3. The van der Waals surface area contributed by atoms with Crippen LogP contribution in [-0.4, -0.2) is 59.6 Å². The molecule has 1 aliphatic rings. The van der Waals surface area contributed by atoms with E-state index in [4.69, 9.17) is 0 Å². The lowest BCUT2D eigenvalue weighted by molar-refractivity contribution is -0.157. The Kier molecular flexibility index (Phi) is 6.78. The van der Waals surface area contributed by atoms with Crippen molar-refractivity contribution in [3.63, 3.8) is 0 Å². The highest BCUT2D eigenvalue weighted by Gasteiger charge is 2.43. The second kappa shape index (κ2) is 8.64. The van der Waals surface area contributed by atoms with Crippen LogP contribution in [0.15, 0.2) is 30.3 Å². The fourth-order valence-corrected chi connectivity index (χ4v) is 3.32. The van der Waals surface area contributed by atoms with Crippen molar-refractivity contribution in [2.45, 2.75) is 50.7 Å². The molecule has 0 aliphatic carbocycles. The monoisotopic (exact) mass is 361 g/mol. The predicted molar refractivity (Wildman–Crippen MR) is 102 cm³/mol. The van der Waals surface area contributed by atoms with E-state index < -0.39 is 11.1 Å². The molecule has 2 rings (SSSR count). The molecule has 1 atom stereocenters. The van der Waals surface area contributed by atoms with Gasteiger partial charge in [0.1, 0.15) is 0 Å². The Morgan fingerprint density at radius 2 is 2.00 bits per heavy atom. The summed E-state index contributed by atoms with van der Waals surface area (Å²) in [6.45, 7) is 4.85. The highest BCUT2D eigenvalue weighted by molar-refractivity contribution is 5.87. The molecule has 1 aliphatic heterocycles. The number of aliphatic hydroxyl groups is 1. The largest absolute Gasteiger partial charge is 0.379 e. The zero-order valence-corrected chi connectivity index (χ0v) is 16.0. The van der Waals surface area contributed by atoms with Crippen LogP contribution in [0.1, 0.15) is 38.7 Å². The quantitative estimate of drug-likeness (QED) is 0.647. The summed E-state index contributed by atoms with van der Waals surface area (Å²) in [4.78, 5) is 26.4. The van der Waals surface area contributed by atoms with E-state index in [2.05, 4.69) is 22.8 Å². The van der Waals surface area contributed by atoms with Crippen LogP contribution >= 0.6 is 0 Å². The van der Waals surface area contributed by atoms with Crippen LogP contribution < -0.4 is 10.6 Å². The Bertz CT molecular complexity index is 618. The smallest absolute Gasteiger partial charge is 0.255 e. The molecule has 1 fully saturated rings. The molecule has 0 bridgehead atoms. The standard InChI is InChI=1S/C20H31N3O3/c1-19(2,17(24)21-3)22-15-20(26)12-8-14-23(18(20)25)13-7-11-16-9-5-4-6-10-16/h4-6,9-10,22,26H,7-8,11-15H2,1-3H3,(H,21,24). The summed E-state index contributed by atoms with van der Waals surface area (Å²) in [5.41, 5.74) is -1.04. The molecular formula is C20H31N3O3. The normalized spacial score (nSPS) is 20.9. The highest BCUT2D eigenvalue weighted by Crippen LogP contribution is 2.23. The van der Waals surface area contributed by atoms with E-state index in [-0.39, 0.29) is 18.4 Å². The lowest BCUT2D eigenvalue weighted by atomic mass is 9.90. The van der Waals surface area contributed by atoms with Gasteiger partial charge in [0.25, 0.3) is 5.91 Å². The molecule has 3 N–H and O–H groups in total. The lowest BCUT2D eigenvalue weighted by Gasteiger charge is -2.40. The van der Waals surface area contributed by atoms with Crippen LogP contribution in [-0.2, 0) is 16.0 Å². The fourth-order valence-electron chi connectivity index (χ4n) is 3.32. The van der Waals surface area contributed by atoms with Gasteiger partial charge in [0.15, 0.2) is 5.60 Å². The SMILES string of the molecule is CNC(=O)C(C)(C)NCC1(O)CCCN(CCCc2ccccc2)C1=O.